The van der Waals surface area contributed by atoms with Gasteiger partial charge in [-0.3, -0.25) is 4.79 Å². The van der Waals surface area contributed by atoms with E-state index in [1.54, 1.807) is 0 Å². The molecule has 0 aliphatic carbocycles. The maximum atomic E-state index is 11.4. The monoisotopic (exact) mass is 175 g/mol. The summed E-state index contributed by atoms with van der Waals surface area (Å²) in [7, 11) is 1.53. The van der Waals surface area contributed by atoms with Crippen LogP contribution in [0.1, 0.15) is 5.56 Å². The first-order chi connectivity index (χ1) is 6.33. The molecule has 1 heterocycles. The first-order valence-corrected chi connectivity index (χ1v) is 3.96. The van der Waals surface area contributed by atoms with Gasteiger partial charge in [-0.15, -0.1) is 0 Å². The van der Waals surface area contributed by atoms with Crippen LogP contribution in [0.15, 0.2) is 30.5 Å². The number of hydrogen-bond donors (Lipinski definition) is 1. The summed E-state index contributed by atoms with van der Waals surface area (Å²) in [6.45, 7) is 0. The molecule has 0 radical (unpaired) electrons. The number of benzene rings is 1. The zero-order chi connectivity index (χ0) is 9.26. The van der Waals surface area contributed by atoms with Crippen molar-refractivity contribution in [2.45, 2.75) is 0 Å². The lowest BCUT2D eigenvalue weighted by molar-refractivity contribution is -0.110. The number of fused-ring (bicyclic) bond motifs is 1. The SMILES string of the molecule is COC=C1C(=O)Nc2ccccc21. The summed E-state index contributed by atoms with van der Waals surface area (Å²) in [4.78, 5) is 11.4. The first-order valence-electron chi connectivity index (χ1n) is 3.96. The molecule has 0 saturated carbocycles. The molecule has 1 aromatic carbocycles. The molecule has 0 fully saturated rings. The van der Waals surface area contributed by atoms with Crippen molar-refractivity contribution in [3.05, 3.63) is 36.1 Å². The van der Waals surface area contributed by atoms with Crippen LogP contribution in [-0.2, 0) is 9.53 Å². The lowest BCUT2D eigenvalue weighted by Gasteiger charge is -1.95. The number of nitrogens with one attached hydrogen (secondary N) is 1. The highest BCUT2D eigenvalue weighted by Crippen LogP contribution is 2.30. The Morgan fingerprint density at radius 1 is 1.38 bits per heavy atom. The van der Waals surface area contributed by atoms with Crippen LogP contribution >= 0.6 is 0 Å². The van der Waals surface area contributed by atoms with E-state index in [2.05, 4.69) is 5.32 Å². The summed E-state index contributed by atoms with van der Waals surface area (Å²) in [5, 5.41) is 2.75. The fraction of sp³-hybridized carbons (Fsp3) is 0.100. The molecule has 0 saturated heterocycles. The van der Waals surface area contributed by atoms with E-state index in [0.717, 1.165) is 11.3 Å². The number of hydrogen-bond acceptors (Lipinski definition) is 2. The molecule has 2 rings (SSSR count). The van der Waals surface area contributed by atoms with Gasteiger partial charge in [-0.05, 0) is 6.07 Å². The standard InChI is InChI=1S/C10H9NO2/c1-13-6-8-7-4-2-3-5-9(7)11-10(8)12/h2-6H,1H3,(H,11,12). The lowest BCUT2D eigenvalue weighted by Crippen LogP contribution is -2.03. The topological polar surface area (TPSA) is 38.3 Å². The van der Waals surface area contributed by atoms with Crippen molar-refractivity contribution in [1.29, 1.82) is 0 Å². The van der Waals surface area contributed by atoms with Gasteiger partial charge in [-0.2, -0.15) is 0 Å². The number of carbonyl (C=O) groups is 1. The van der Waals surface area contributed by atoms with Crippen LogP contribution in [-0.4, -0.2) is 13.0 Å². The van der Waals surface area contributed by atoms with Crippen LogP contribution in [0, 0.1) is 0 Å². The van der Waals surface area contributed by atoms with Crippen LogP contribution < -0.4 is 5.32 Å². The van der Waals surface area contributed by atoms with Crippen LogP contribution in [0.25, 0.3) is 5.57 Å². The molecule has 13 heavy (non-hydrogen) atoms. The van der Waals surface area contributed by atoms with Crippen LogP contribution in [0.3, 0.4) is 0 Å². The molecule has 1 aromatic rings. The van der Waals surface area contributed by atoms with Gasteiger partial charge in [0.25, 0.3) is 5.91 Å². The minimum Gasteiger partial charge on any atom is -0.504 e. The van der Waals surface area contributed by atoms with E-state index in [4.69, 9.17) is 4.74 Å². The fourth-order valence-corrected chi connectivity index (χ4v) is 1.37. The lowest BCUT2D eigenvalue weighted by atomic mass is 10.1. The molecule has 0 spiro atoms. The molecule has 66 valence electrons. The predicted octanol–water partition coefficient (Wildman–Crippen LogP) is 1.63. The third-order valence-corrected chi connectivity index (χ3v) is 1.95. The van der Waals surface area contributed by atoms with Gasteiger partial charge in [-0.1, -0.05) is 18.2 Å². The van der Waals surface area contributed by atoms with E-state index >= 15 is 0 Å². The van der Waals surface area contributed by atoms with E-state index in [0.29, 0.717) is 5.57 Å². The highest BCUT2D eigenvalue weighted by atomic mass is 16.5. The Labute approximate surface area is 76.0 Å². The summed E-state index contributed by atoms with van der Waals surface area (Å²) in [5.74, 6) is -0.108. The molecular formula is C10H9NO2. The number of para-hydroxylation sites is 1. The maximum absolute atomic E-state index is 11.4. The number of methoxy groups -OCH3 is 1. The molecule has 1 aliphatic rings. The highest BCUT2D eigenvalue weighted by molar-refractivity contribution is 6.31. The summed E-state index contributed by atoms with van der Waals surface area (Å²) >= 11 is 0. The van der Waals surface area contributed by atoms with Crippen LogP contribution in [0.2, 0.25) is 0 Å². The molecule has 1 aliphatic heterocycles. The van der Waals surface area contributed by atoms with Crippen molar-refractivity contribution in [2.75, 3.05) is 12.4 Å². The Bertz CT molecular complexity index is 382. The molecule has 0 aromatic heterocycles. The van der Waals surface area contributed by atoms with Gasteiger partial charge < -0.3 is 10.1 Å². The average Bonchev–Trinajstić information content (AvgIpc) is 2.44. The van der Waals surface area contributed by atoms with Crippen molar-refractivity contribution in [2.24, 2.45) is 0 Å². The maximum Gasteiger partial charge on any atom is 0.259 e. The summed E-state index contributed by atoms with van der Waals surface area (Å²) in [5.41, 5.74) is 2.32. The van der Waals surface area contributed by atoms with E-state index in [1.165, 1.54) is 13.4 Å². The normalized spacial score (nSPS) is 17.0. The van der Waals surface area contributed by atoms with Crippen LogP contribution in [0.4, 0.5) is 5.69 Å². The van der Waals surface area contributed by atoms with Crippen molar-refractivity contribution in [3.63, 3.8) is 0 Å². The average molecular weight is 175 g/mol. The Morgan fingerprint density at radius 2 is 2.15 bits per heavy atom. The van der Waals surface area contributed by atoms with Gasteiger partial charge in [0.1, 0.15) is 0 Å². The quantitative estimate of drug-likeness (QED) is 0.520. The fourth-order valence-electron chi connectivity index (χ4n) is 1.37. The minimum absolute atomic E-state index is 0.108. The molecule has 3 heteroatoms. The Balaban J connectivity index is 2.53. The second kappa shape index (κ2) is 2.94. The third kappa shape index (κ3) is 1.18. The second-order valence-electron chi connectivity index (χ2n) is 2.77. The Morgan fingerprint density at radius 3 is 2.92 bits per heavy atom. The van der Waals surface area contributed by atoms with Crippen molar-refractivity contribution in [3.8, 4) is 0 Å². The van der Waals surface area contributed by atoms with E-state index in [9.17, 15) is 4.79 Å². The van der Waals surface area contributed by atoms with Gasteiger partial charge in [-0.25, -0.2) is 0 Å². The van der Waals surface area contributed by atoms with Crippen LogP contribution in [0.5, 0.6) is 0 Å². The summed E-state index contributed by atoms with van der Waals surface area (Å²) < 4.78 is 4.83. The largest absolute Gasteiger partial charge is 0.504 e. The van der Waals surface area contributed by atoms with Gasteiger partial charge in [0.15, 0.2) is 0 Å². The Kier molecular flexibility index (Phi) is 1.77. The number of anilines is 1. The predicted molar refractivity (Wildman–Crippen MR) is 50.1 cm³/mol. The smallest absolute Gasteiger partial charge is 0.259 e. The second-order valence-corrected chi connectivity index (χ2v) is 2.77. The molecule has 0 unspecified atom stereocenters. The molecule has 0 bridgehead atoms. The molecule has 1 N–H and O–H groups in total. The Hall–Kier alpha value is -1.77. The van der Waals surface area contributed by atoms with E-state index in [-0.39, 0.29) is 5.91 Å². The number of carbonyl (C=O) groups excluding carboxylic acids is 1. The van der Waals surface area contributed by atoms with Gasteiger partial charge in [0.05, 0.1) is 18.9 Å². The highest BCUT2D eigenvalue weighted by Gasteiger charge is 2.23. The van der Waals surface area contributed by atoms with E-state index < -0.39 is 0 Å². The van der Waals surface area contributed by atoms with Gasteiger partial charge >= 0.3 is 0 Å². The van der Waals surface area contributed by atoms with Gasteiger partial charge in [0.2, 0.25) is 0 Å². The van der Waals surface area contributed by atoms with Crippen molar-refractivity contribution < 1.29 is 9.53 Å². The first kappa shape index (κ1) is 7.86. The van der Waals surface area contributed by atoms with Crippen molar-refractivity contribution in [1.82, 2.24) is 0 Å². The number of ether oxygens (including phenoxy) is 1. The van der Waals surface area contributed by atoms with Crippen molar-refractivity contribution >= 4 is 17.2 Å². The number of rotatable bonds is 1. The summed E-state index contributed by atoms with van der Waals surface area (Å²) in [6.07, 6.45) is 1.46. The molecule has 3 nitrogen and oxygen atoms in total. The molecule has 1 amide bonds. The minimum atomic E-state index is -0.108. The molecule has 0 atom stereocenters. The third-order valence-electron chi connectivity index (χ3n) is 1.95. The van der Waals surface area contributed by atoms with Gasteiger partial charge in [0, 0.05) is 11.3 Å². The zero-order valence-electron chi connectivity index (χ0n) is 7.20. The summed E-state index contributed by atoms with van der Waals surface area (Å²) in [6, 6.07) is 7.53. The van der Waals surface area contributed by atoms with E-state index in [1.807, 2.05) is 24.3 Å². The number of amides is 1. The molecular weight excluding hydrogens is 166 g/mol. The zero-order valence-corrected chi connectivity index (χ0v) is 7.20.